The SMILES string of the molecule is CCc1cccc(CC)c1NC(=O)COC(=O)/C=C/c1c(C)nn(C)c1C. The van der Waals surface area contributed by atoms with E-state index in [4.69, 9.17) is 4.74 Å². The number of aryl methyl sites for hydroxylation is 4. The molecule has 6 heteroatoms. The second-order valence-electron chi connectivity index (χ2n) is 6.36. The fourth-order valence-corrected chi connectivity index (χ4v) is 2.95. The van der Waals surface area contributed by atoms with Crippen LogP contribution in [0.2, 0.25) is 0 Å². The first kappa shape index (κ1) is 20.4. The molecule has 0 unspecified atom stereocenters. The zero-order valence-electron chi connectivity index (χ0n) is 16.6. The van der Waals surface area contributed by atoms with Gasteiger partial charge in [-0.05, 0) is 43.9 Å². The molecule has 0 spiro atoms. The average Bonchev–Trinajstić information content (AvgIpc) is 2.90. The van der Waals surface area contributed by atoms with E-state index >= 15 is 0 Å². The second kappa shape index (κ2) is 9.16. The highest BCUT2D eigenvalue weighted by Crippen LogP contribution is 2.22. The van der Waals surface area contributed by atoms with Gasteiger partial charge in [-0.3, -0.25) is 9.48 Å². The maximum absolute atomic E-state index is 12.2. The lowest BCUT2D eigenvalue weighted by molar-refractivity contribution is -0.142. The third kappa shape index (κ3) is 5.06. The lowest BCUT2D eigenvalue weighted by Gasteiger charge is -2.14. The van der Waals surface area contributed by atoms with Crippen molar-refractivity contribution in [3.8, 4) is 0 Å². The summed E-state index contributed by atoms with van der Waals surface area (Å²) in [5, 5.41) is 7.17. The number of ether oxygens (including phenoxy) is 1. The van der Waals surface area contributed by atoms with Crippen LogP contribution in [0.5, 0.6) is 0 Å². The smallest absolute Gasteiger partial charge is 0.331 e. The molecular weight excluding hydrogens is 342 g/mol. The van der Waals surface area contributed by atoms with Crippen LogP contribution in [-0.2, 0) is 34.2 Å². The molecule has 0 bridgehead atoms. The number of nitrogens with zero attached hydrogens (tertiary/aromatic N) is 2. The van der Waals surface area contributed by atoms with Crippen molar-refractivity contribution in [3.63, 3.8) is 0 Å². The fraction of sp³-hybridized carbons (Fsp3) is 0.381. The third-order valence-electron chi connectivity index (χ3n) is 4.56. The molecule has 0 aliphatic rings. The molecule has 1 N–H and O–H groups in total. The van der Waals surface area contributed by atoms with Gasteiger partial charge in [-0.25, -0.2) is 4.79 Å². The molecule has 0 radical (unpaired) electrons. The van der Waals surface area contributed by atoms with Gasteiger partial charge in [0.15, 0.2) is 6.61 Å². The highest BCUT2D eigenvalue weighted by atomic mass is 16.5. The Labute approximate surface area is 160 Å². The van der Waals surface area contributed by atoms with Gasteiger partial charge in [-0.2, -0.15) is 5.10 Å². The first-order valence-electron chi connectivity index (χ1n) is 9.13. The van der Waals surface area contributed by atoms with Gasteiger partial charge in [-0.15, -0.1) is 0 Å². The molecule has 0 aliphatic carbocycles. The summed E-state index contributed by atoms with van der Waals surface area (Å²) in [6, 6.07) is 5.96. The number of benzene rings is 1. The van der Waals surface area contributed by atoms with Crippen molar-refractivity contribution >= 4 is 23.6 Å². The molecular formula is C21H27N3O3. The molecule has 1 aromatic heterocycles. The van der Waals surface area contributed by atoms with E-state index in [1.807, 2.05) is 52.9 Å². The van der Waals surface area contributed by atoms with Crippen molar-refractivity contribution in [2.24, 2.45) is 7.05 Å². The van der Waals surface area contributed by atoms with E-state index in [0.717, 1.165) is 46.6 Å². The number of esters is 1. The van der Waals surface area contributed by atoms with Gasteiger partial charge >= 0.3 is 5.97 Å². The highest BCUT2D eigenvalue weighted by Gasteiger charge is 2.12. The minimum Gasteiger partial charge on any atom is -0.452 e. The van der Waals surface area contributed by atoms with Crippen LogP contribution in [0.4, 0.5) is 5.69 Å². The summed E-state index contributed by atoms with van der Waals surface area (Å²) >= 11 is 0. The first-order valence-corrected chi connectivity index (χ1v) is 9.13. The molecule has 0 atom stereocenters. The Bertz CT molecular complexity index is 844. The minimum atomic E-state index is -0.563. The second-order valence-corrected chi connectivity index (χ2v) is 6.36. The Kier molecular flexibility index (Phi) is 6.93. The standard InChI is InChI=1S/C21H27N3O3/c1-6-16-9-8-10-17(7-2)21(16)22-19(25)13-27-20(26)12-11-18-14(3)23-24(5)15(18)4/h8-12H,6-7,13H2,1-5H3,(H,22,25)/b12-11+. The van der Waals surface area contributed by atoms with Crippen molar-refractivity contribution < 1.29 is 14.3 Å². The van der Waals surface area contributed by atoms with Gasteiger partial charge in [0.05, 0.1) is 5.69 Å². The van der Waals surface area contributed by atoms with E-state index in [2.05, 4.69) is 10.4 Å². The zero-order valence-corrected chi connectivity index (χ0v) is 16.6. The number of rotatable bonds is 7. The Morgan fingerprint density at radius 2 is 1.81 bits per heavy atom. The number of amides is 1. The Morgan fingerprint density at radius 3 is 2.33 bits per heavy atom. The van der Waals surface area contributed by atoms with E-state index < -0.39 is 5.97 Å². The topological polar surface area (TPSA) is 73.2 Å². The van der Waals surface area contributed by atoms with Crippen molar-refractivity contribution in [2.45, 2.75) is 40.5 Å². The number of carbonyl (C=O) groups excluding carboxylic acids is 2. The normalized spacial score (nSPS) is 11.0. The summed E-state index contributed by atoms with van der Waals surface area (Å²) in [4.78, 5) is 24.1. The first-order chi connectivity index (χ1) is 12.9. The van der Waals surface area contributed by atoms with E-state index in [-0.39, 0.29) is 12.5 Å². The quantitative estimate of drug-likeness (QED) is 0.600. The Hall–Kier alpha value is -2.89. The minimum absolute atomic E-state index is 0.324. The summed E-state index contributed by atoms with van der Waals surface area (Å²) in [6.07, 6.45) is 4.62. The molecule has 0 aliphatic heterocycles. The maximum Gasteiger partial charge on any atom is 0.331 e. The summed E-state index contributed by atoms with van der Waals surface area (Å²) in [5.41, 5.74) is 5.62. The molecule has 2 aromatic rings. The summed E-state index contributed by atoms with van der Waals surface area (Å²) in [6.45, 7) is 7.56. The molecule has 1 amide bonds. The number of para-hydroxylation sites is 1. The monoisotopic (exact) mass is 369 g/mol. The molecule has 2 rings (SSSR count). The van der Waals surface area contributed by atoms with Crippen molar-refractivity contribution in [1.82, 2.24) is 9.78 Å². The zero-order chi connectivity index (χ0) is 20.0. The molecule has 6 nitrogen and oxygen atoms in total. The summed E-state index contributed by atoms with van der Waals surface area (Å²) in [7, 11) is 1.85. The lowest BCUT2D eigenvalue weighted by atomic mass is 10.0. The van der Waals surface area contributed by atoms with Gasteiger partial charge in [-0.1, -0.05) is 32.0 Å². The summed E-state index contributed by atoms with van der Waals surface area (Å²) in [5.74, 6) is -0.909. The molecule has 144 valence electrons. The third-order valence-corrected chi connectivity index (χ3v) is 4.56. The van der Waals surface area contributed by atoms with E-state index in [0.29, 0.717) is 0 Å². The molecule has 0 saturated heterocycles. The Balaban J connectivity index is 1.96. The van der Waals surface area contributed by atoms with Crippen molar-refractivity contribution in [1.29, 1.82) is 0 Å². The van der Waals surface area contributed by atoms with Gasteiger partial charge < -0.3 is 10.1 Å². The van der Waals surface area contributed by atoms with Crippen LogP contribution < -0.4 is 5.32 Å². The van der Waals surface area contributed by atoms with Crippen LogP contribution in [0.1, 0.15) is 41.9 Å². The maximum atomic E-state index is 12.2. The van der Waals surface area contributed by atoms with E-state index in [1.54, 1.807) is 10.8 Å². The largest absolute Gasteiger partial charge is 0.452 e. The van der Waals surface area contributed by atoms with E-state index in [1.165, 1.54) is 6.08 Å². The van der Waals surface area contributed by atoms with Crippen molar-refractivity contribution in [3.05, 3.63) is 52.4 Å². The predicted octanol–water partition coefficient (Wildman–Crippen LogP) is 3.36. The number of hydrogen-bond donors (Lipinski definition) is 1. The van der Waals surface area contributed by atoms with Crippen LogP contribution in [0.15, 0.2) is 24.3 Å². The van der Waals surface area contributed by atoms with Gasteiger partial charge in [0, 0.05) is 30.1 Å². The Morgan fingerprint density at radius 1 is 1.19 bits per heavy atom. The highest BCUT2D eigenvalue weighted by molar-refractivity contribution is 5.95. The van der Waals surface area contributed by atoms with Gasteiger partial charge in [0.1, 0.15) is 0 Å². The molecule has 0 saturated carbocycles. The number of anilines is 1. The summed E-state index contributed by atoms with van der Waals surface area (Å²) < 4.78 is 6.82. The van der Waals surface area contributed by atoms with Crippen LogP contribution in [0.3, 0.4) is 0 Å². The van der Waals surface area contributed by atoms with Crippen LogP contribution in [0, 0.1) is 13.8 Å². The number of nitrogens with one attached hydrogen (secondary N) is 1. The van der Waals surface area contributed by atoms with Crippen molar-refractivity contribution in [2.75, 3.05) is 11.9 Å². The van der Waals surface area contributed by atoms with Crippen LogP contribution in [-0.4, -0.2) is 28.3 Å². The van der Waals surface area contributed by atoms with Gasteiger partial charge in [0.25, 0.3) is 5.91 Å². The average molecular weight is 369 g/mol. The van der Waals surface area contributed by atoms with Crippen LogP contribution in [0.25, 0.3) is 6.08 Å². The molecule has 1 aromatic carbocycles. The molecule has 27 heavy (non-hydrogen) atoms. The van der Waals surface area contributed by atoms with Crippen LogP contribution >= 0.6 is 0 Å². The van der Waals surface area contributed by atoms with Gasteiger partial charge in [0.2, 0.25) is 0 Å². The number of aromatic nitrogens is 2. The van der Waals surface area contributed by atoms with E-state index in [9.17, 15) is 9.59 Å². The number of carbonyl (C=O) groups is 2. The molecule has 0 fully saturated rings. The lowest BCUT2D eigenvalue weighted by Crippen LogP contribution is -2.21. The fourth-order valence-electron chi connectivity index (χ4n) is 2.95. The predicted molar refractivity (Wildman–Crippen MR) is 107 cm³/mol. The number of hydrogen-bond acceptors (Lipinski definition) is 4. The molecule has 1 heterocycles.